The Labute approximate surface area is 161 Å². The molecule has 2 aromatic carbocycles. The standard InChI is InChI=1S/C16H10Cl3F3N2O2/c17-8-1-3-10(13(19)5-8)15(26)23-7-14(25)24-9-2-4-12(18)11(6-9)16(20,21)22/h1-6H,7H2,(H,23,26)(H,24,25). The molecule has 0 bridgehead atoms. The van der Waals surface area contributed by atoms with Gasteiger partial charge in [0.05, 0.1) is 27.7 Å². The highest BCUT2D eigenvalue weighted by Gasteiger charge is 2.33. The van der Waals surface area contributed by atoms with Gasteiger partial charge in [0.2, 0.25) is 5.91 Å². The molecule has 0 heterocycles. The first-order valence-electron chi connectivity index (χ1n) is 6.98. The van der Waals surface area contributed by atoms with Crippen LogP contribution in [0.3, 0.4) is 0 Å². The molecule has 0 aliphatic carbocycles. The molecular formula is C16H10Cl3F3N2O2. The summed E-state index contributed by atoms with van der Waals surface area (Å²) >= 11 is 17.1. The Morgan fingerprint density at radius 3 is 2.27 bits per heavy atom. The van der Waals surface area contributed by atoms with Gasteiger partial charge in [-0.25, -0.2) is 0 Å². The van der Waals surface area contributed by atoms with Crippen molar-refractivity contribution in [2.75, 3.05) is 11.9 Å². The minimum Gasteiger partial charge on any atom is -0.343 e. The van der Waals surface area contributed by atoms with Gasteiger partial charge in [-0.1, -0.05) is 34.8 Å². The molecule has 2 amide bonds. The maximum absolute atomic E-state index is 12.8. The lowest BCUT2D eigenvalue weighted by molar-refractivity contribution is -0.137. The van der Waals surface area contributed by atoms with E-state index in [0.717, 1.165) is 6.07 Å². The summed E-state index contributed by atoms with van der Waals surface area (Å²) in [6, 6.07) is 7.14. The lowest BCUT2D eigenvalue weighted by Gasteiger charge is -2.12. The molecule has 0 aromatic heterocycles. The number of benzene rings is 2. The number of alkyl halides is 3. The van der Waals surface area contributed by atoms with Gasteiger partial charge in [-0.3, -0.25) is 9.59 Å². The van der Waals surface area contributed by atoms with Crippen molar-refractivity contribution < 1.29 is 22.8 Å². The zero-order valence-electron chi connectivity index (χ0n) is 12.8. The van der Waals surface area contributed by atoms with E-state index in [9.17, 15) is 22.8 Å². The summed E-state index contributed by atoms with van der Waals surface area (Å²) in [7, 11) is 0. The monoisotopic (exact) mass is 424 g/mol. The molecule has 0 spiro atoms. The predicted octanol–water partition coefficient (Wildman–Crippen LogP) is 5.03. The molecule has 0 saturated heterocycles. The van der Waals surface area contributed by atoms with Gasteiger partial charge in [-0.2, -0.15) is 13.2 Å². The first-order chi connectivity index (χ1) is 12.1. The second-order valence-corrected chi connectivity index (χ2v) is 6.30. The Hall–Kier alpha value is -1.96. The highest BCUT2D eigenvalue weighted by Crippen LogP contribution is 2.36. The molecule has 0 aliphatic rings. The third-order valence-corrected chi connectivity index (χ3v) is 4.02. The fourth-order valence-corrected chi connectivity index (χ4v) is 2.67. The van der Waals surface area contributed by atoms with E-state index in [2.05, 4.69) is 10.6 Å². The number of amides is 2. The van der Waals surface area contributed by atoms with Gasteiger partial charge in [0, 0.05) is 10.7 Å². The summed E-state index contributed by atoms with van der Waals surface area (Å²) in [5, 5.41) is 4.51. The fourth-order valence-electron chi connectivity index (χ4n) is 1.95. The van der Waals surface area contributed by atoms with Gasteiger partial charge >= 0.3 is 6.18 Å². The number of rotatable bonds is 4. The molecule has 26 heavy (non-hydrogen) atoms. The van der Waals surface area contributed by atoms with Crippen LogP contribution in [0.1, 0.15) is 15.9 Å². The third kappa shape index (κ3) is 5.27. The third-order valence-electron chi connectivity index (χ3n) is 3.14. The molecule has 0 aliphatic heterocycles. The van der Waals surface area contributed by atoms with Crippen molar-refractivity contribution in [2.45, 2.75) is 6.18 Å². The van der Waals surface area contributed by atoms with E-state index in [0.29, 0.717) is 11.1 Å². The number of hydrogen-bond acceptors (Lipinski definition) is 2. The van der Waals surface area contributed by atoms with Crippen LogP contribution in [-0.4, -0.2) is 18.4 Å². The SMILES string of the molecule is O=C(CNC(=O)c1ccc(Cl)cc1Cl)Nc1ccc(Cl)c(C(F)(F)F)c1. The van der Waals surface area contributed by atoms with Crippen molar-refractivity contribution in [1.29, 1.82) is 0 Å². The van der Waals surface area contributed by atoms with Gasteiger partial charge in [0.25, 0.3) is 5.91 Å². The van der Waals surface area contributed by atoms with Crippen LogP contribution in [0.5, 0.6) is 0 Å². The number of carbonyl (C=O) groups excluding carboxylic acids is 2. The molecular weight excluding hydrogens is 416 g/mol. The van der Waals surface area contributed by atoms with E-state index in [-0.39, 0.29) is 16.3 Å². The molecule has 138 valence electrons. The van der Waals surface area contributed by atoms with Crippen LogP contribution in [-0.2, 0) is 11.0 Å². The molecule has 10 heteroatoms. The summed E-state index contributed by atoms with van der Waals surface area (Å²) in [4.78, 5) is 23.8. The van der Waals surface area contributed by atoms with Crippen LogP contribution in [0.15, 0.2) is 36.4 Å². The molecule has 0 unspecified atom stereocenters. The minimum atomic E-state index is -4.66. The first-order valence-corrected chi connectivity index (χ1v) is 8.11. The Morgan fingerprint density at radius 1 is 0.962 bits per heavy atom. The van der Waals surface area contributed by atoms with E-state index >= 15 is 0 Å². The highest BCUT2D eigenvalue weighted by molar-refractivity contribution is 6.36. The molecule has 2 N–H and O–H groups in total. The molecule has 0 radical (unpaired) electrons. The normalized spacial score (nSPS) is 11.2. The first kappa shape index (κ1) is 20.4. The van der Waals surface area contributed by atoms with E-state index in [1.54, 1.807) is 0 Å². The number of carbonyl (C=O) groups is 2. The number of hydrogen-bond donors (Lipinski definition) is 2. The summed E-state index contributed by atoms with van der Waals surface area (Å²) in [6.45, 7) is -0.470. The van der Waals surface area contributed by atoms with Crippen LogP contribution in [0.4, 0.5) is 18.9 Å². The predicted molar refractivity (Wildman–Crippen MR) is 93.9 cm³/mol. The molecule has 4 nitrogen and oxygen atoms in total. The molecule has 0 atom stereocenters. The summed E-state index contributed by atoms with van der Waals surface area (Å²) < 4.78 is 38.4. The second kappa shape index (κ2) is 8.16. The van der Waals surface area contributed by atoms with Gasteiger partial charge in [0.1, 0.15) is 0 Å². The zero-order valence-corrected chi connectivity index (χ0v) is 15.0. The van der Waals surface area contributed by atoms with Gasteiger partial charge in [0.15, 0.2) is 0 Å². The number of anilines is 1. The Kier molecular flexibility index (Phi) is 6.39. The molecule has 0 fully saturated rings. The van der Waals surface area contributed by atoms with Gasteiger partial charge in [-0.15, -0.1) is 0 Å². The Balaban J connectivity index is 2.00. The van der Waals surface area contributed by atoms with Crippen molar-refractivity contribution in [3.8, 4) is 0 Å². The van der Waals surface area contributed by atoms with Crippen molar-refractivity contribution in [1.82, 2.24) is 5.32 Å². The maximum Gasteiger partial charge on any atom is 0.417 e. The van der Waals surface area contributed by atoms with Gasteiger partial charge < -0.3 is 10.6 Å². The summed E-state index contributed by atoms with van der Waals surface area (Å²) in [6.07, 6.45) is -4.66. The zero-order chi connectivity index (χ0) is 19.5. The van der Waals surface area contributed by atoms with E-state index in [1.165, 1.54) is 24.3 Å². The topological polar surface area (TPSA) is 58.2 Å². The van der Waals surface area contributed by atoms with Crippen LogP contribution < -0.4 is 10.6 Å². The average molecular weight is 426 g/mol. The summed E-state index contributed by atoms with van der Waals surface area (Å²) in [5.41, 5.74) is -1.07. The van der Waals surface area contributed by atoms with E-state index in [4.69, 9.17) is 34.8 Å². The van der Waals surface area contributed by atoms with Gasteiger partial charge in [-0.05, 0) is 36.4 Å². The Morgan fingerprint density at radius 2 is 1.65 bits per heavy atom. The highest BCUT2D eigenvalue weighted by atomic mass is 35.5. The minimum absolute atomic E-state index is 0.0999. The number of nitrogens with one attached hydrogen (secondary N) is 2. The lowest BCUT2D eigenvalue weighted by atomic mass is 10.2. The van der Waals surface area contributed by atoms with Crippen molar-refractivity contribution in [3.05, 3.63) is 62.6 Å². The molecule has 2 aromatic rings. The van der Waals surface area contributed by atoms with Crippen molar-refractivity contribution >= 4 is 52.3 Å². The second-order valence-electron chi connectivity index (χ2n) is 5.05. The molecule has 0 saturated carbocycles. The quantitative estimate of drug-likeness (QED) is 0.721. The smallest absolute Gasteiger partial charge is 0.343 e. The average Bonchev–Trinajstić information content (AvgIpc) is 2.53. The fraction of sp³-hybridized carbons (Fsp3) is 0.125. The molecule has 2 rings (SSSR count). The van der Waals surface area contributed by atoms with Crippen LogP contribution in [0.25, 0.3) is 0 Å². The van der Waals surface area contributed by atoms with E-state index in [1.807, 2.05) is 0 Å². The van der Waals surface area contributed by atoms with Crippen LogP contribution >= 0.6 is 34.8 Å². The van der Waals surface area contributed by atoms with Crippen LogP contribution in [0, 0.1) is 0 Å². The number of halogens is 6. The lowest BCUT2D eigenvalue weighted by Crippen LogP contribution is -2.33. The maximum atomic E-state index is 12.8. The van der Waals surface area contributed by atoms with Crippen molar-refractivity contribution in [3.63, 3.8) is 0 Å². The largest absolute Gasteiger partial charge is 0.417 e. The Bertz CT molecular complexity index is 857. The van der Waals surface area contributed by atoms with Crippen molar-refractivity contribution in [2.24, 2.45) is 0 Å². The van der Waals surface area contributed by atoms with E-state index < -0.39 is 35.1 Å². The van der Waals surface area contributed by atoms with Crippen LogP contribution in [0.2, 0.25) is 15.1 Å². The summed E-state index contributed by atoms with van der Waals surface area (Å²) in [5.74, 6) is -1.35.